The zero-order valence-corrected chi connectivity index (χ0v) is 19.3. The molecule has 33 heavy (non-hydrogen) atoms. The highest BCUT2D eigenvalue weighted by Crippen LogP contribution is 2.22. The topological polar surface area (TPSA) is 94.6 Å². The van der Waals surface area contributed by atoms with Crippen molar-refractivity contribution in [1.29, 1.82) is 0 Å². The number of aromatic nitrogens is 1. The van der Waals surface area contributed by atoms with Crippen LogP contribution in [0.25, 0.3) is 0 Å². The van der Waals surface area contributed by atoms with Crippen molar-refractivity contribution in [3.8, 4) is 0 Å². The van der Waals surface area contributed by atoms with Crippen molar-refractivity contribution >= 4 is 27.4 Å². The summed E-state index contributed by atoms with van der Waals surface area (Å²) in [6.45, 7) is 4.52. The molecule has 2 heterocycles. The second kappa shape index (κ2) is 10.0. The van der Waals surface area contributed by atoms with Gasteiger partial charge in [-0.2, -0.15) is 4.31 Å². The van der Waals surface area contributed by atoms with Gasteiger partial charge in [-0.25, -0.2) is 13.2 Å². The van der Waals surface area contributed by atoms with Gasteiger partial charge in [0.1, 0.15) is 0 Å². The van der Waals surface area contributed by atoms with Gasteiger partial charge in [-0.3, -0.25) is 4.98 Å². The Labute approximate surface area is 194 Å². The van der Waals surface area contributed by atoms with Crippen LogP contribution in [0.15, 0.2) is 78.0 Å². The number of pyridine rings is 1. The zero-order chi connectivity index (χ0) is 23.3. The number of anilines is 2. The van der Waals surface area contributed by atoms with E-state index in [2.05, 4.69) is 44.8 Å². The first-order valence-electron chi connectivity index (χ1n) is 10.8. The van der Waals surface area contributed by atoms with Crippen LogP contribution < -0.4 is 15.5 Å². The third-order valence-electron chi connectivity index (χ3n) is 5.56. The van der Waals surface area contributed by atoms with Gasteiger partial charge in [-0.05, 0) is 55.0 Å². The minimum Gasteiger partial charge on any atom is -0.369 e. The van der Waals surface area contributed by atoms with Crippen LogP contribution in [0.5, 0.6) is 0 Å². The van der Waals surface area contributed by atoms with E-state index in [1.165, 1.54) is 22.0 Å². The lowest BCUT2D eigenvalue weighted by atomic mass is 10.2. The van der Waals surface area contributed by atoms with Crippen LogP contribution in [0.2, 0.25) is 0 Å². The Hall–Kier alpha value is -3.43. The number of aryl methyl sites for hydroxylation is 1. The van der Waals surface area contributed by atoms with Gasteiger partial charge >= 0.3 is 6.03 Å². The number of nitrogens with zero attached hydrogens (tertiary/aromatic N) is 3. The molecule has 9 heteroatoms. The normalized spacial score (nSPS) is 14.6. The first kappa shape index (κ1) is 22.8. The van der Waals surface area contributed by atoms with Crippen molar-refractivity contribution in [3.63, 3.8) is 0 Å². The summed E-state index contributed by atoms with van der Waals surface area (Å²) in [7, 11) is -3.59. The SMILES string of the molecule is Cc1ccc(N2CCN(S(=O)(=O)c3ccc(NC(=O)NCc4cccnc4)cc3)CC2)cc1. The monoisotopic (exact) mass is 465 g/mol. The third-order valence-corrected chi connectivity index (χ3v) is 7.48. The summed E-state index contributed by atoms with van der Waals surface area (Å²) < 4.78 is 27.7. The summed E-state index contributed by atoms with van der Waals surface area (Å²) in [5.74, 6) is 0. The molecule has 0 spiro atoms. The molecule has 2 amide bonds. The molecule has 4 rings (SSSR count). The Bertz CT molecular complexity index is 1180. The number of rotatable bonds is 6. The third kappa shape index (κ3) is 5.68. The standard InChI is InChI=1S/C24H27N5O3S/c1-19-4-8-22(9-5-19)28-13-15-29(16-14-28)33(31,32)23-10-6-21(7-11-23)27-24(30)26-18-20-3-2-12-25-17-20/h2-12,17H,13-16,18H2,1H3,(H2,26,27,30). The molecule has 1 aliphatic rings. The van der Waals surface area contributed by atoms with Crippen LogP contribution in [0.1, 0.15) is 11.1 Å². The Morgan fingerprint density at radius 3 is 2.30 bits per heavy atom. The van der Waals surface area contributed by atoms with E-state index in [9.17, 15) is 13.2 Å². The number of urea groups is 1. The quantitative estimate of drug-likeness (QED) is 0.583. The minimum absolute atomic E-state index is 0.215. The van der Waals surface area contributed by atoms with Gasteiger partial charge in [0.15, 0.2) is 0 Å². The molecule has 0 saturated carbocycles. The second-order valence-corrected chi connectivity index (χ2v) is 9.86. The molecule has 1 aromatic heterocycles. The largest absolute Gasteiger partial charge is 0.369 e. The molecule has 1 aliphatic heterocycles. The van der Waals surface area contributed by atoms with E-state index < -0.39 is 10.0 Å². The average molecular weight is 466 g/mol. The molecule has 0 aliphatic carbocycles. The van der Waals surface area contributed by atoms with E-state index in [-0.39, 0.29) is 10.9 Å². The fourth-order valence-electron chi connectivity index (χ4n) is 3.66. The van der Waals surface area contributed by atoms with E-state index >= 15 is 0 Å². The van der Waals surface area contributed by atoms with Gasteiger partial charge in [0.25, 0.3) is 0 Å². The first-order chi connectivity index (χ1) is 15.9. The summed E-state index contributed by atoms with van der Waals surface area (Å²) in [4.78, 5) is 18.5. The van der Waals surface area contributed by atoms with Crippen molar-refractivity contribution < 1.29 is 13.2 Å². The van der Waals surface area contributed by atoms with Crippen molar-refractivity contribution in [3.05, 3.63) is 84.2 Å². The van der Waals surface area contributed by atoms with E-state index in [4.69, 9.17) is 0 Å². The lowest BCUT2D eigenvalue weighted by Crippen LogP contribution is -2.48. The molecule has 0 atom stereocenters. The molecule has 2 aromatic carbocycles. The van der Waals surface area contributed by atoms with Crippen molar-refractivity contribution in [2.24, 2.45) is 0 Å². The van der Waals surface area contributed by atoms with Crippen LogP contribution >= 0.6 is 0 Å². The summed E-state index contributed by atoms with van der Waals surface area (Å²) in [5, 5.41) is 5.46. The smallest absolute Gasteiger partial charge is 0.319 e. The lowest BCUT2D eigenvalue weighted by molar-refractivity contribution is 0.251. The number of carbonyl (C=O) groups excluding carboxylic acids is 1. The summed E-state index contributed by atoms with van der Waals surface area (Å²) in [5.41, 5.74) is 3.71. The zero-order valence-electron chi connectivity index (χ0n) is 18.4. The number of hydrogen-bond acceptors (Lipinski definition) is 5. The maximum Gasteiger partial charge on any atom is 0.319 e. The van der Waals surface area contributed by atoms with Crippen LogP contribution in [-0.2, 0) is 16.6 Å². The summed E-state index contributed by atoms with van der Waals surface area (Å²) in [6, 6.07) is 17.8. The number of carbonyl (C=O) groups is 1. The molecule has 2 N–H and O–H groups in total. The maximum absolute atomic E-state index is 13.1. The molecular formula is C24H27N5O3S. The predicted octanol–water partition coefficient (Wildman–Crippen LogP) is 3.22. The first-order valence-corrected chi connectivity index (χ1v) is 12.2. The molecule has 0 radical (unpaired) electrons. The van der Waals surface area contributed by atoms with Gasteiger partial charge in [0.05, 0.1) is 4.90 Å². The van der Waals surface area contributed by atoms with Gasteiger partial charge < -0.3 is 15.5 Å². The van der Waals surface area contributed by atoms with Crippen molar-refractivity contribution in [2.45, 2.75) is 18.4 Å². The molecule has 1 fully saturated rings. The highest BCUT2D eigenvalue weighted by Gasteiger charge is 2.28. The van der Waals surface area contributed by atoms with E-state index in [1.807, 2.05) is 13.0 Å². The predicted molar refractivity (Wildman–Crippen MR) is 129 cm³/mol. The van der Waals surface area contributed by atoms with Crippen LogP contribution in [0.3, 0.4) is 0 Å². The lowest BCUT2D eigenvalue weighted by Gasteiger charge is -2.35. The van der Waals surface area contributed by atoms with Crippen LogP contribution in [0.4, 0.5) is 16.2 Å². The highest BCUT2D eigenvalue weighted by atomic mass is 32.2. The van der Waals surface area contributed by atoms with E-state index in [1.54, 1.807) is 30.6 Å². The van der Waals surface area contributed by atoms with Gasteiger partial charge in [-0.1, -0.05) is 23.8 Å². The molecule has 0 unspecified atom stereocenters. The molecular weight excluding hydrogens is 438 g/mol. The van der Waals surface area contributed by atoms with E-state index in [0.29, 0.717) is 38.4 Å². The summed E-state index contributed by atoms with van der Waals surface area (Å²) >= 11 is 0. The highest BCUT2D eigenvalue weighted by molar-refractivity contribution is 7.89. The number of piperazine rings is 1. The molecule has 0 bridgehead atoms. The number of nitrogens with one attached hydrogen (secondary N) is 2. The molecule has 8 nitrogen and oxygen atoms in total. The minimum atomic E-state index is -3.59. The van der Waals surface area contributed by atoms with Crippen LogP contribution in [0, 0.1) is 6.92 Å². The Morgan fingerprint density at radius 2 is 1.67 bits per heavy atom. The Morgan fingerprint density at radius 1 is 0.970 bits per heavy atom. The Balaban J connectivity index is 1.32. The van der Waals surface area contributed by atoms with Crippen LogP contribution in [-0.4, -0.2) is 49.9 Å². The van der Waals surface area contributed by atoms with Gasteiger partial charge in [0, 0.05) is 56.5 Å². The van der Waals surface area contributed by atoms with Gasteiger partial charge in [0.2, 0.25) is 10.0 Å². The van der Waals surface area contributed by atoms with Crippen molar-refractivity contribution in [2.75, 3.05) is 36.4 Å². The number of benzene rings is 2. The van der Waals surface area contributed by atoms with Crippen molar-refractivity contribution in [1.82, 2.24) is 14.6 Å². The Kier molecular flexibility index (Phi) is 6.90. The molecule has 1 saturated heterocycles. The fraction of sp³-hybridized carbons (Fsp3) is 0.250. The number of hydrogen-bond donors (Lipinski definition) is 2. The maximum atomic E-state index is 13.1. The number of amides is 2. The second-order valence-electron chi connectivity index (χ2n) is 7.92. The van der Waals surface area contributed by atoms with E-state index in [0.717, 1.165) is 11.3 Å². The average Bonchev–Trinajstić information content (AvgIpc) is 2.84. The molecule has 3 aromatic rings. The fourth-order valence-corrected chi connectivity index (χ4v) is 5.08. The van der Waals surface area contributed by atoms with Gasteiger partial charge in [-0.15, -0.1) is 0 Å². The molecule has 172 valence electrons. The number of sulfonamides is 1. The summed E-state index contributed by atoms with van der Waals surface area (Å²) in [6.07, 6.45) is 3.35.